The molecule has 3 aliphatic heterocycles. The van der Waals surface area contributed by atoms with Gasteiger partial charge in [0.15, 0.2) is 0 Å². The highest BCUT2D eigenvalue weighted by Gasteiger charge is 2.65. The van der Waals surface area contributed by atoms with Crippen molar-refractivity contribution in [3.05, 3.63) is 66.0 Å². The average molecular weight is 446 g/mol. The van der Waals surface area contributed by atoms with Crippen LogP contribution in [0, 0.1) is 5.82 Å². The molecule has 0 radical (unpaired) electrons. The molecule has 2 amide bonds. The van der Waals surface area contributed by atoms with Crippen LogP contribution >= 0.6 is 0 Å². The third-order valence-electron chi connectivity index (χ3n) is 6.39. The Bertz CT molecular complexity index is 1080. The lowest BCUT2D eigenvalue weighted by Gasteiger charge is -2.39. The van der Waals surface area contributed by atoms with E-state index in [0.717, 1.165) is 5.56 Å². The van der Waals surface area contributed by atoms with E-state index >= 15 is 0 Å². The third kappa shape index (κ3) is 3.71. The van der Waals surface area contributed by atoms with Crippen LogP contribution in [-0.2, 0) is 21.2 Å². The first-order valence-electron chi connectivity index (χ1n) is 10.4. The monoisotopic (exact) mass is 445 g/mol. The van der Waals surface area contributed by atoms with Gasteiger partial charge in [-0.25, -0.2) is 17.6 Å². The molecule has 3 aliphatic rings. The standard InChI is InChI=1S/C22H24FN3O4S/c23-17-6-8-18(9-7-17)24-21(27)25-13-19-12-20-22(14-25,30-19)15-26(31(20,28)29)11-10-16-4-2-1-3-5-16/h1-9,19-20H,10-15H2,(H,24,27)/t19-,20+,22+/m0/s1. The number of sulfonamides is 1. The molecule has 0 aromatic heterocycles. The zero-order chi connectivity index (χ0) is 21.6. The number of halogens is 1. The number of amides is 2. The molecular formula is C22H24FN3O4S. The summed E-state index contributed by atoms with van der Waals surface area (Å²) in [5.41, 5.74) is 0.663. The second-order valence-corrected chi connectivity index (χ2v) is 10.6. The third-order valence-corrected chi connectivity index (χ3v) is 8.76. The molecule has 2 aromatic carbocycles. The average Bonchev–Trinajstić information content (AvgIpc) is 3.13. The Hall–Kier alpha value is -2.49. The summed E-state index contributed by atoms with van der Waals surface area (Å²) in [5.74, 6) is -0.379. The van der Waals surface area contributed by atoms with E-state index in [2.05, 4.69) is 5.32 Å². The van der Waals surface area contributed by atoms with Gasteiger partial charge in [0, 0.05) is 25.3 Å². The van der Waals surface area contributed by atoms with Crippen molar-refractivity contribution in [2.45, 2.75) is 29.8 Å². The Morgan fingerprint density at radius 3 is 2.61 bits per heavy atom. The summed E-state index contributed by atoms with van der Waals surface area (Å²) in [6, 6.07) is 15.0. The Morgan fingerprint density at radius 1 is 1.13 bits per heavy atom. The second-order valence-electron chi connectivity index (χ2n) is 8.46. The molecule has 0 unspecified atom stereocenters. The number of hydrogen-bond acceptors (Lipinski definition) is 4. The number of ether oxygens (including phenoxy) is 1. The molecule has 2 bridgehead atoms. The van der Waals surface area contributed by atoms with E-state index in [1.165, 1.54) is 28.6 Å². The summed E-state index contributed by atoms with van der Waals surface area (Å²) in [5, 5.41) is 2.13. The SMILES string of the molecule is O=C(Nc1ccc(F)cc1)N1C[C@@H]2C[C@@H]3[C@@](C1)(CN(CCc1ccccc1)S3(=O)=O)O2. The number of likely N-dealkylation sites (tertiary alicyclic amines) is 1. The van der Waals surface area contributed by atoms with Crippen molar-refractivity contribution in [1.29, 1.82) is 0 Å². The van der Waals surface area contributed by atoms with Crippen molar-refractivity contribution in [3.63, 3.8) is 0 Å². The first-order valence-corrected chi connectivity index (χ1v) is 11.9. The van der Waals surface area contributed by atoms with E-state index in [-0.39, 0.29) is 31.0 Å². The van der Waals surface area contributed by atoms with Gasteiger partial charge in [0.2, 0.25) is 10.0 Å². The fourth-order valence-electron chi connectivity index (χ4n) is 4.94. The molecule has 3 heterocycles. The summed E-state index contributed by atoms with van der Waals surface area (Å²) in [7, 11) is -3.50. The number of carbonyl (C=O) groups is 1. The maximum Gasteiger partial charge on any atom is 0.322 e. The predicted octanol–water partition coefficient (Wildman–Crippen LogP) is 2.46. The number of fused-ring (bicyclic) bond motifs is 1. The minimum Gasteiger partial charge on any atom is -0.365 e. The van der Waals surface area contributed by atoms with Crippen molar-refractivity contribution < 1.29 is 22.3 Å². The largest absolute Gasteiger partial charge is 0.365 e. The molecule has 1 spiro atoms. The van der Waals surface area contributed by atoms with Gasteiger partial charge in [-0.3, -0.25) is 0 Å². The molecule has 164 valence electrons. The van der Waals surface area contributed by atoms with Crippen LogP contribution in [0.1, 0.15) is 12.0 Å². The number of carbonyl (C=O) groups excluding carboxylic acids is 1. The zero-order valence-corrected chi connectivity index (χ0v) is 17.7. The lowest BCUT2D eigenvalue weighted by molar-refractivity contribution is -0.0942. The van der Waals surface area contributed by atoms with Gasteiger partial charge >= 0.3 is 6.03 Å². The van der Waals surface area contributed by atoms with Crippen LogP contribution in [0.4, 0.5) is 14.9 Å². The molecule has 31 heavy (non-hydrogen) atoms. The highest BCUT2D eigenvalue weighted by Crippen LogP contribution is 2.46. The van der Waals surface area contributed by atoms with Crippen LogP contribution in [0.2, 0.25) is 0 Å². The molecule has 5 rings (SSSR count). The lowest BCUT2D eigenvalue weighted by atomic mass is 9.99. The highest BCUT2D eigenvalue weighted by atomic mass is 32.2. The van der Waals surface area contributed by atoms with Gasteiger partial charge in [-0.15, -0.1) is 0 Å². The van der Waals surface area contributed by atoms with E-state index in [0.29, 0.717) is 31.6 Å². The molecule has 3 saturated heterocycles. The second kappa shape index (κ2) is 7.58. The number of urea groups is 1. The summed E-state index contributed by atoms with van der Waals surface area (Å²) in [6.07, 6.45) is 0.717. The Kier molecular flexibility index (Phi) is 4.99. The van der Waals surface area contributed by atoms with Crippen molar-refractivity contribution in [2.24, 2.45) is 0 Å². The molecule has 2 aromatic rings. The quantitative estimate of drug-likeness (QED) is 0.784. The summed E-state index contributed by atoms with van der Waals surface area (Å²) in [6.45, 7) is 1.19. The van der Waals surface area contributed by atoms with E-state index < -0.39 is 20.9 Å². The smallest absolute Gasteiger partial charge is 0.322 e. The summed E-state index contributed by atoms with van der Waals surface area (Å²) in [4.78, 5) is 14.4. The van der Waals surface area contributed by atoms with Gasteiger partial charge in [0.1, 0.15) is 16.7 Å². The zero-order valence-electron chi connectivity index (χ0n) is 16.9. The maximum atomic E-state index is 13.2. The normalized spacial score (nSPS) is 29.0. The van der Waals surface area contributed by atoms with E-state index in [4.69, 9.17) is 4.74 Å². The fourth-order valence-corrected chi connectivity index (χ4v) is 7.25. The molecule has 0 aliphatic carbocycles. The predicted molar refractivity (Wildman–Crippen MR) is 114 cm³/mol. The van der Waals surface area contributed by atoms with Crippen LogP contribution in [0.25, 0.3) is 0 Å². The van der Waals surface area contributed by atoms with Crippen LogP contribution in [0.15, 0.2) is 54.6 Å². The number of benzene rings is 2. The molecular weight excluding hydrogens is 421 g/mol. The molecule has 0 saturated carbocycles. The van der Waals surface area contributed by atoms with Gasteiger partial charge < -0.3 is 15.0 Å². The van der Waals surface area contributed by atoms with E-state index in [1.807, 2.05) is 30.3 Å². The van der Waals surface area contributed by atoms with E-state index in [1.54, 1.807) is 4.90 Å². The Labute approximate surface area is 180 Å². The highest BCUT2D eigenvalue weighted by molar-refractivity contribution is 7.90. The van der Waals surface area contributed by atoms with Crippen LogP contribution < -0.4 is 5.32 Å². The minimum atomic E-state index is -3.50. The van der Waals surface area contributed by atoms with Gasteiger partial charge in [-0.05, 0) is 42.7 Å². The fraction of sp³-hybridized carbons (Fsp3) is 0.409. The van der Waals surface area contributed by atoms with Gasteiger partial charge in [-0.1, -0.05) is 30.3 Å². The summed E-state index contributed by atoms with van der Waals surface area (Å²) < 4.78 is 47.3. The van der Waals surface area contributed by atoms with Gasteiger partial charge in [0.25, 0.3) is 0 Å². The molecule has 1 N–H and O–H groups in total. The number of rotatable bonds is 4. The van der Waals surface area contributed by atoms with E-state index in [9.17, 15) is 17.6 Å². The Balaban J connectivity index is 1.30. The molecule has 3 fully saturated rings. The van der Waals surface area contributed by atoms with Crippen LogP contribution in [0.5, 0.6) is 0 Å². The Morgan fingerprint density at radius 2 is 1.87 bits per heavy atom. The van der Waals surface area contributed by atoms with Crippen molar-refractivity contribution >= 4 is 21.7 Å². The number of nitrogens with one attached hydrogen (secondary N) is 1. The minimum absolute atomic E-state index is 0.211. The number of hydrogen-bond donors (Lipinski definition) is 1. The van der Waals surface area contributed by atoms with Crippen LogP contribution in [-0.4, -0.2) is 66.8 Å². The number of nitrogens with zero attached hydrogens (tertiary/aromatic N) is 2. The number of anilines is 1. The summed E-state index contributed by atoms with van der Waals surface area (Å²) >= 11 is 0. The molecule has 9 heteroatoms. The number of morpholine rings is 1. The molecule has 7 nitrogen and oxygen atoms in total. The van der Waals surface area contributed by atoms with Crippen molar-refractivity contribution in [2.75, 3.05) is 31.5 Å². The van der Waals surface area contributed by atoms with Crippen molar-refractivity contribution in [1.82, 2.24) is 9.21 Å². The van der Waals surface area contributed by atoms with Gasteiger partial charge in [-0.2, -0.15) is 4.31 Å². The van der Waals surface area contributed by atoms with Crippen LogP contribution in [0.3, 0.4) is 0 Å². The topological polar surface area (TPSA) is 79.0 Å². The van der Waals surface area contributed by atoms with Gasteiger partial charge in [0.05, 0.1) is 12.6 Å². The molecule has 3 atom stereocenters. The van der Waals surface area contributed by atoms with Crippen molar-refractivity contribution in [3.8, 4) is 0 Å². The lowest BCUT2D eigenvalue weighted by Crippen LogP contribution is -2.57. The first-order chi connectivity index (χ1) is 14.9. The first kappa shape index (κ1) is 20.4. The maximum absolute atomic E-state index is 13.2.